The van der Waals surface area contributed by atoms with Gasteiger partial charge in [-0.1, -0.05) is 19.4 Å². The second-order valence-corrected chi connectivity index (χ2v) is 9.83. The minimum absolute atomic E-state index is 0.00741. The van der Waals surface area contributed by atoms with Crippen molar-refractivity contribution in [3.63, 3.8) is 0 Å². The Morgan fingerprint density at radius 1 is 1.15 bits per heavy atom. The molecule has 4 aliphatic carbocycles. The summed E-state index contributed by atoms with van der Waals surface area (Å²) in [5.41, 5.74) is 0.136. The molecular weight excluding hydrogens is 340 g/mol. The maximum atomic E-state index is 12.8. The van der Waals surface area contributed by atoms with Crippen LogP contribution in [-0.2, 0) is 19.1 Å². The molecule has 0 aliphatic heterocycles. The summed E-state index contributed by atoms with van der Waals surface area (Å²) in [6.45, 7) is 7.54. The molecule has 0 aromatic heterocycles. The van der Waals surface area contributed by atoms with Gasteiger partial charge >= 0.3 is 5.97 Å². The zero-order chi connectivity index (χ0) is 19.6. The highest BCUT2D eigenvalue weighted by molar-refractivity contribution is 5.91. The molecule has 4 aliphatic rings. The summed E-state index contributed by atoms with van der Waals surface area (Å²) in [6, 6.07) is 0. The van der Waals surface area contributed by atoms with Crippen molar-refractivity contribution in [1.29, 1.82) is 0 Å². The maximum absolute atomic E-state index is 12.8. The Balaban J connectivity index is 1.71. The van der Waals surface area contributed by atoms with E-state index in [0.29, 0.717) is 48.2 Å². The first-order chi connectivity index (χ1) is 12.7. The van der Waals surface area contributed by atoms with E-state index >= 15 is 0 Å². The molecule has 4 rings (SSSR count). The van der Waals surface area contributed by atoms with Gasteiger partial charge in [0, 0.05) is 18.8 Å². The number of carbonyl (C=O) groups is 3. The number of hydrogen-bond donors (Lipinski definition) is 0. The molecule has 0 N–H and O–H groups in total. The summed E-state index contributed by atoms with van der Waals surface area (Å²) in [6.07, 6.45) is 8.24. The minimum atomic E-state index is -0.957. The lowest BCUT2D eigenvalue weighted by Gasteiger charge is -2.58. The van der Waals surface area contributed by atoms with Gasteiger partial charge in [0.1, 0.15) is 0 Å². The lowest BCUT2D eigenvalue weighted by atomic mass is 9.47. The molecule has 148 valence electrons. The van der Waals surface area contributed by atoms with Crippen LogP contribution in [0.2, 0.25) is 0 Å². The van der Waals surface area contributed by atoms with Crippen LogP contribution in [0.3, 0.4) is 0 Å². The number of esters is 1. The quantitative estimate of drug-likeness (QED) is 0.679. The molecule has 0 amide bonds. The summed E-state index contributed by atoms with van der Waals surface area (Å²) in [5.74, 6) is 2.52. The largest absolute Gasteiger partial charge is 0.451 e. The van der Waals surface area contributed by atoms with Gasteiger partial charge in [0.05, 0.1) is 0 Å². The third kappa shape index (κ3) is 2.58. The van der Waals surface area contributed by atoms with Crippen LogP contribution in [0.15, 0.2) is 11.6 Å². The summed E-state index contributed by atoms with van der Waals surface area (Å²) >= 11 is 0. The smallest absolute Gasteiger partial charge is 0.303 e. The molecule has 0 bridgehead atoms. The Hall–Kier alpha value is -1.45. The van der Waals surface area contributed by atoms with E-state index in [2.05, 4.69) is 13.8 Å². The fraction of sp³-hybridized carbons (Fsp3) is 0.783. The molecule has 0 radical (unpaired) electrons. The second-order valence-electron chi connectivity index (χ2n) is 9.83. The highest BCUT2D eigenvalue weighted by atomic mass is 16.6. The topological polar surface area (TPSA) is 60.4 Å². The first-order valence-corrected chi connectivity index (χ1v) is 10.6. The van der Waals surface area contributed by atoms with Crippen molar-refractivity contribution in [2.24, 2.45) is 35.0 Å². The van der Waals surface area contributed by atoms with Crippen molar-refractivity contribution in [3.8, 4) is 0 Å². The van der Waals surface area contributed by atoms with Crippen LogP contribution in [0.25, 0.3) is 0 Å². The van der Waals surface area contributed by atoms with E-state index < -0.39 is 5.60 Å². The van der Waals surface area contributed by atoms with E-state index in [1.807, 2.05) is 6.08 Å². The van der Waals surface area contributed by atoms with Crippen LogP contribution >= 0.6 is 0 Å². The zero-order valence-corrected chi connectivity index (χ0v) is 17.0. The van der Waals surface area contributed by atoms with Crippen molar-refractivity contribution in [2.45, 2.75) is 78.2 Å². The molecule has 0 heterocycles. The Kier molecular flexibility index (Phi) is 4.40. The number of ketones is 2. The Morgan fingerprint density at radius 3 is 2.56 bits per heavy atom. The molecule has 0 aromatic rings. The molecule has 5 unspecified atom stereocenters. The Morgan fingerprint density at radius 2 is 1.89 bits per heavy atom. The maximum Gasteiger partial charge on any atom is 0.303 e. The summed E-state index contributed by atoms with van der Waals surface area (Å²) < 4.78 is 5.84. The van der Waals surface area contributed by atoms with Gasteiger partial charge in [-0.15, -0.1) is 0 Å². The van der Waals surface area contributed by atoms with Gasteiger partial charge in [-0.05, 0) is 81.1 Å². The van der Waals surface area contributed by atoms with E-state index in [4.69, 9.17) is 4.74 Å². The van der Waals surface area contributed by atoms with Crippen molar-refractivity contribution < 1.29 is 19.1 Å². The van der Waals surface area contributed by atoms with Gasteiger partial charge in [-0.2, -0.15) is 0 Å². The fourth-order valence-electron chi connectivity index (χ4n) is 7.81. The lowest BCUT2D eigenvalue weighted by molar-refractivity contribution is -0.189. The first kappa shape index (κ1) is 18.9. The molecule has 3 saturated carbocycles. The van der Waals surface area contributed by atoms with Gasteiger partial charge in [0.15, 0.2) is 17.2 Å². The van der Waals surface area contributed by atoms with E-state index in [1.54, 1.807) is 6.92 Å². The highest BCUT2D eigenvalue weighted by Gasteiger charge is 2.67. The average molecular weight is 373 g/mol. The lowest BCUT2D eigenvalue weighted by Crippen LogP contribution is -2.59. The Bertz CT molecular complexity index is 722. The predicted molar refractivity (Wildman–Crippen MR) is 102 cm³/mol. The number of fused-ring (bicyclic) bond motifs is 5. The number of allylic oxidation sites excluding steroid dienone is 1. The van der Waals surface area contributed by atoms with Crippen molar-refractivity contribution in [1.82, 2.24) is 0 Å². The summed E-state index contributed by atoms with van der Waals surface area (Å²) in [4.78, 5) is 36.6. The average Bonchev–Trinajstić information content (AvgIpc) is 2.87. The number of Topliss-reactive ketones (excluding diaryl/α,β-unsaturated/α-hetero) is 1. The van der Waals surface area contributed by atoms with E-state index in [0.717, 1.165) is 32.1 Å². The van der Waals surface area contributed by atoms with Crippen LogP contribution in [0.5, 0.6) is 0 Å². The van der Waals surface area contributed by atoms with Crippen LogP contribution in [-0.4, -0.2) is 23.1 Å². The number of carbonyl (C=O) groups excluding carboxylic acids is 3. The van der Waals surface area contributed by atoms with E-state index in [9.17, 15) is 14.4 Å². The van der Waals surface area contributed by atoms with Crippen LogP contribution in [0, 0.1) is 35.0 Å². The third-order valence-corrected chi connectivity index (χ3v) is 8.60. The fourth-order valence-corrected chi connectivity index (χ4v) is 7.81. The molecular formula is C23H32O4. The SMILES string of the molecule is CC(=O)O[C@]1(C(C)=O)CCC2C3CCC4=CC(=O)CCC4C3C(C)C[C@@]21C. The van der Waals surface area contributed by atoms with Gasteiger partial charge in [0.25, 0.3) is 0 Å². The molecule has 4 nitrogen and oxygen atoms in total. The van der Waals surface area contributed by atoms with Crippen molar-refractivity contribution >= 4 is 17.5 Å². The standard InChI is InChI=1S/C23H32O4/c1-13-12-22(4)20(9-10-23(22,14(2)24)27-15(3)25)19-7-5-16-11-17(26)6-8-18(16)21(13)19/h11,13,18-21H,5-10,12H2,1-4H3/t13?,18?,19?,20?,21?,22-,23-/m0/s1. The van der Waals surface area contributed by atoms with E-state index in [-0.39, 0.29) is 17.2 Å². The van der Waals surface area contributed by atoms with Crippen LogP contribution < -0.4 is 0 Å². The minimum Gasteiger partial charge on any atom is -0.451 e. The Labute approximate surface area is 162 Å². The van der Waals surface area contributed by atoms with E-state index in [1.165, 1.54) is 12.5 Å². The molecule has 27 heavy (non-hydrogen) atoms. The molecule has 3 fully saturated rings. The molecule has 0 aromatic carbocycles. The van der Waals surface area contributed by atoms with Gasteiger partial charge in [-0.25, -0.2) is 0 Å². The normalized spacial score (nSPS) is 46.0. The van der Waals surface area contributed by atoms with Gasteiger partial charge in [-0.3, -0.25) is 14.4 Å². The zero-order valence-electron chi connectivity index (χ0n) is 17.0. The summed E-state index contributed by atoms with van der Waals surface area (Å²) in [7, 11) is 0. The van der Waals surface area contributed by atoms with Gasteiger partial charge < -0.3 is 4.74 Å². The van der Waals surface area contributed by atoms with Crippen LogP contribution in [0.4, 0.5) is 0 Å². The van der Waals surface area contributed by atoms with Crippen LogP contribution in [0.1, 0.15) is 72.6 Å². The number of hydrogen-bond acceptors (Lipinski definition) is 4. The number of rotatable bonds is 2. The predicted octanol–water partition coefficient (Wildman–Crippen LogP) is 4.27. The van der Waals surface area contributed by atoms with Gasteiger partial charge in [0.2, 0.25) is 0 Å². The second kappa shape index (κ2) is 6.28. The highest BCUT2D eigenvalue weighted by Crippen LogP contribution is 2.67. The molecule has 4 heteroatoms. The van der Waals surface area contributed by atoms with Crippen molar-refractivity contribution in [2.75, 3.05) is 0 Å². The summed E-state index contributed by atoms with van der Waals surface area (Å²) in [5, 5.41) is 0. The monoisotopic (exact) mass is 372 g/mol. The molecule has 0 saturated heterocycles. The first-order valence-electron chi connectivity index (χ1n) is 10.6. The van der Waals surface area contributed by atoms with Crippen molar-refractivity contribution in [3.05, 3.63) is 11.6 Å². The number of ether oxygens (including phenoxy) is 1. The third-order valence-electron chi connectivity index (χ3n) is 8.60. The molecule has 0 spiro atoms. The molecule has 7 atom stereocenters.